The quantitative estimate of drug-likeness (QED) is 0.924. The minimum atomic E-state index is -3.73. The van der Waals surface area contributed by atoms with Crippen molar-refractivity contribution in [2.45, 2.75) is 50.1 Å². The first kappa shape index (κ1) is 16.7. The number of halogens is 2. The number of nitrogens with two attached hydrogens (primary N) is 1. The molecule has 1 aliphatic heterocycles. The predicted molar refractivity (Wildman–Crippen MR) is 81.1 cm³/mol. The molecule has 21 heavy (non-hydrogen) atoms. The molecule has 0 radical (unpaired) electrons. The van der Waals surface area contributed by atoms with E-state index in [4.69, 9.17) is 17.3 Å². The summed E-state index contributed by atoms with van der Waals surface area (Å²) in [5.41, 5.74) is 5.81. The average molecular weight is 335 g/mol. The van der Waals surface area contributed by atoms with Crippen LogP contribution in [-0.4, -0.2) is 25.3 Å². The van der Waals surface area contributed by atoms with Crippen LogP contribution < -0.4 is 5.73 Å². The van der Waals surface area contributed by atoms with E-state index in [1.54, 1.807) is 0 Å². The second kappa shape index (κ2) is 6.60. The molecule has 1 aromatic carbocycles. The summed E-state index contributed by atoms with van der Waals surface area (Å²) in [6.45, 7) is 2.35. The summed E-state index contributed by atoms with van der Waals surface area (Å²) in [6, 6.07) is 2.27. The smallest absolute Gasteiger partial charge is 0.243 e. The zero-order valence-corrected chi connectivity index (χ0v) is 13.6. The molecule has 1 atom stereocenters. The SMILES string of the molecule is CC1CCCCCN1S(=O)(=O)c1cc(F)c(Cl)c(CN)c1. The number of hydrogen-bond acceptors (Lipinski definition) is 3. The molecule has 0 amide bonds. The molecule has 2 rings (SSSR count). The molecule has 0 spiro atoms. The van der Waals surface area contributed by atoms with Crippen molar-refractivity contribution in [2.75, 3.05) is 6.54 Å². The summed E-state index contributed by atoms with van der Waals surface area (Å²) in [4.78, 5) is -0.0707. The molecule has 7 heteroatoms. The topological polar surface area (TPSA) is 63.4 Å². The van der Waals surface area contributed by atoms with Crippen molar-refractivity contribution in [1.29, 1.82) is 0 Å². The van der Waals surface area contributed by atoms with E-state index in [1.807, 2.05) is 6.92 Å². The molecule has 118 valence electrons. The van der Waals surface area contributed by atoms with Crippen LogP contribution in [0.1, 0.15) is 38.2 Å². The molecule has 0 aliphatic carbocycles. The number of benzene rings is 1. The number of rotatable bonds is 3. The van der Waals surface area contributed by atoms with Crippen LogP contribution in [0.2, 0.25) is 5.02 Å². The van der Waals surface area contributed by atoms with Gasteiger partial charge < -0.3 is 5.73 Å². The van der Waals surface area contributed by atoms with E-state index in [0.29, 0.717) is 12.1 Å². The monoisotopic (exact) mass is 334 g/mol. The van der Waals surface area contributed by atoms with Gasteiger partial charge in [-0.1, -0.05) is 24.4 Å². The minimum Gasteiger partial charge on any atom is -0.326 e. The highest BCUT2D eigenvalue weighted by atomic mass is 35.5. The highest BCUT2D eigenvalue weighted by Gasteiger charge is 2.31. The predicted octanol–water partition coefficient (Wildman–Crippen LogP) is 2.89. The van der Waals surface area contributed by atoms with Crippen molar-refractivity contribution in [1.82, 2.24) is 4.31 Å². The van der Waals surface area contributed by atoms with Gasteiger partial charge in [-0.2, -0.15) is 4.31 Å². The van der Waals surface area contributed by atoms with Gasteiger partial charge in [-0.25, -0.2) is 12.8 Å². The zero-order chi connectivity index (χ0) is 15.6. The van der Waals surface area contributed by atoms with Gasteiger partial charge in [0.15, 0.2) is 0 Å². The lowest BCUT2D eigenvalue weighted by molar-refractivity contribution is 0.342. The van der Waals surface area contributed by atoms with Gasteiger partial charge in [-0.15, -0.1) is 0 Å². The maximum atomic E-state index is 13.8. The van der Waals surface area contributed by atoms with Crippen molar-refractivity contribution in [3.8, 4) is 0 Å². The van der Waals surface area contributed by atoms with Crippen LogP contribution in [0.4, 0.5) is 4.39 Å². The number of nitrogens with zero attached hydrogens (tertiary/aromatic N) is 1. The average Bonchev–Trinajstić information content (AvgIpc) is 2.66. The fraction of sp³-hybridized carbons (Fsp3) is 0.571. The van der Waals surface area contributed by atoms with Crippen molar-refractivity contribution in [3.05, 3.63) is 28.5 Å². The zero-order valence-electron chi connectivity index (χ0n) is 12.0. The fourth-order valence-electron chi connectivity index (χ4n) is 2.66. The Morgan fingerprint density at radius 3 is 2.76 bits per heavy atom. The lowest BCUT2D eigenvalue weighted by Gasteiger charge is -2.26. The Hall–Kier alpha value is -0.690. The molecule has 1 heterocycles. The summed E-state index contributed by atoms with van der Waals surface area (Å²) in [7, 11) is -3.73. The van der Waals surface area contributed by atoms with E-state index < -0.39 is 15.8 Å². The largest absolute Gasteiger partial charge is 0.326 e. The summed E-state index contributed by atoms with van der Waals surface area (Å²) in [6.07, 6.45) is 3.66. The summed E-state index contributed by atoms with van der Waals surface area (Å²) >= 11 is 5.79. The second-order valence-corrected chi connectivity index (χ2v) is 7.66. The summed E-state index contributed by atoms with van der Waals surface area (Å²) in [5, 5.41) is -0.111. The standard InChI is InChI=1S/C14H20ClFN2O2S/c1-10-5-3-2-4-6-18(10)21(19,20)12-7-11(9-17)14(15)13(16)8-12/h7-8,10H,2-6,9,17H2,1H3. The molecule has 1 unspecified atom stereocenters. The van der Waals surface area contributed by atoms with Crippen molar-refractivity contribution >= 4 is 21.6 Å². The Bertz CT molecular complexity index is 622. The summed E-state index contributed by atoms with van der Waals surface area (Å²) < 4.78 is 40.8. The lowest BCUT2D eigenvalue weighted by atomic mass is 10.1. The lowest BCUT2D eigenvalue weighted by Crippen LogP contribution is -2.38. The Morgan fingerprint density at radius 2 is 2.10 bits per heavy atom. The van der Waals surface area contributed by atoms with E-state index in [-0.39, 0.29) is 22.5 Å². The van der Waals surface area contributed by atoms with Gasteiger partial charge in [0.1, 0.15) is 5.82 Å². The minimum absolute atomic E-state index is 0.00529. The van der Waals surface area contributed by atoms with Crippen LogP contribution in [0.15, 0.2) is 17.0 Å². The Kier molecular flexibility index (Phi) is 5.24. The van der Waals surface area contributed by atoms with Gasteiger partial charge >= 0.3 is 0 Å². The van der Waals surface area contributed by atoms with Crippen LogP contribution in [-0.2, 0) is 16.6 Å². The highest BCUT2D eigenvalue weighted by Crippen LogP contribution is 2.29. The molecule has 1 fully saturated rings. The molecule has 1 aliphatic rings. The molecule has 0 aromatic heterocycles. The maximum Gasteiger partial charge on any atom is 0.243 e. The van der Waals surface area contributed by atoms with E-state index in [2.05, 4.69) is 0 Å². The highest BCUT2D eigenvalue weighted by molar-refractivity contribution is 7.89. The molecule has 0 bridgehead atoms. The third kappa shape index (κ3) is 3.39. The van der Waals surface area contributed by atoms with Gasteiger partial charge in [-0.05, 0) is 37.5 Å². The first-order chi connectivity index (χ1) is 9.87. The van der Waals surface area contributed by atoms with Crippen LogP contribution in [0, 0.1) is 5.82 Å². The van der Waals surface area contributed by atoms with Gasteiger partial charge in [-0.3, -0.25) is 0 Å². The Balaban J connectivity index is 2.45. The first-order valence-corrected chi connectivity index (χ1v) is 8.89. The number of sulfonamides is 1. The molecular weight excluding hydrogens is 315 g/mol. The molecule has 4 nitrogen and oxygen atoms in total. The fourth-order valence-corrected chi connectivity index (χ4v) is 4.61. The van der Waals surface area contributed by atoms with Crippen molar-refractivity contribution in [2.24, 2.45) is 5.73 Å². The van der Waals surface area contributed by atoms with Crippen molar-refractivity contribution < 1.29 is 12.8 Å². The molecule has 2 N–H and O–H groups in total. The van der Waals surface area contributed by atoms with Gasteiger partial charge in [0.2, 0.25) is 10.0 Å². The number of hydrogen-bond donors (Lipinski definition) is 1. The normalized spacial score (nSPS) is 21.2. The van der Waals surface area contributed by atoms with Crippen LogP contribution in [0.3, 0.4) is 0 Å². The molecule has 1 saturated heterocycles. The summed E-state index contributed by atoms with van der Waals surface area (Å²) in [5.74, 6) is -0.749. The van der Waals surface area contributed by atoms with Crippen molar-refractivity contribution in [3.63, 3.8) is 0 Å². The van der Waals surface area contributed by atoms with E-state index in [9.17, 15) is 12.8 Å². The molecular formula is C14H20ClFN2O2S. The van der Waals surface area contributed by atoms with Crippen LogP contribution in [0.25, 0.3) is 0 Å². The van der Waals surface area contributed by atoms with E-state index >= 15 is 0 Å². The van der Waals surface area contributed by atoms with Crippen LogP contribution >= 0.6 is 11.6 Å². The van der Waals surface area contributed by atoms with Crippen LogP contribution in [0.5, 0.6) is 0 Å². The second-order valence-electron chi connectivity index (χ2n) is 5.40. The van der Waals surface area contributed by atoms with Gasteiger partial charge in [0.05, 0.1) is 9.92 Å². The first-order valence-electron chi connectivity index (χ1n) is 7.07. The third-order valence-electron chi connectivity index (χ3n) is 3.90. The maximum absolute atomic E-state index is 13.8. The van der Waals surface area contributed by atoms with E-state index in [0.717, 1.165) is 31.7 Å². The van der Waals surface area contributed by atoms with Gasteiger partial charge in [0, 0.05) is 19.1 Å². The molecule has 1 aromatic rings. The Labute approximate surface area is 130 Å². The van der Waals surface area contributed by atoms with Gasteiger partial charge in [0.25, 0.3) is 0 Å². The molecule has 0 saturated carbocycles. The Morgan fingerprint density at radius 1 is 1.38 bits per heavy atom. The third-order valence-corrected chi connectivity index (χ3v) is 6.31. The van der Waals surface area contributed by atoms with E-state index in [1.165, 1.54) is 10.4 Å².